The molecule has 0 N–H and O–H groups in total. The molecule has 158 valence electrons. The van der Waals surface area contributed by atoms with Gasteiger partial charge in [0.25, 0.3) is 5.91 Å². The third-order valence-corrected chi connectivity index (χ3v) is 6.16. The van der Waals surface area contributed by atoms with Crippen LogP contribution in [0.25, 0.3) is 0 Å². The number of rotatable bonds is 5. The molecule has 0 saturated carbocycles. The fourth-order valence-corrected chi connectivity index (χ4v) is 4.60. The van der Waals surface area contributed by atoms with Gasteiger partial charge in [0.1, 0.15) is 0 Å². The second-order valence-corrected chi connectivity index (χ2v) is 8.23. The van der Waals surface area contributed by atoms with Crippen molar-refractivity contribution in [3.8, 4) is 5.75 Å². The van der Waals surface area contributed by atoms with Crippen LogP contribution in [0.1, 0.15) is 42.5 Å². The van der Waals surface area contributed by atoms with Gasteiger partial charge >= 0.3 is 0 Å². The number of hydrogen-bond acceptors (Lipinski definition) is 4. The molecule has 0 bridgehead atoms. The molecular weight excluding hydrogens is 386 g/mol. The van der Waals surface area contributed by atoms with E-state index in [-0.39, 0.29) is 11.9 Å². The molecule has 2 aliphatic heterocycles. The molecular formula is C26H27N3O2. The molecule has 2 unspecified atom stereocenters. The lowest BCUT2D eigenvalue weighted by atomic mass is 9.99. The fourth-order valence-electron chi connectivity index (χ4n) is 4.60. The van der Waals surface area contributed by atoms with Crippen LogP contribution < -0.4 is 9.64 Å². The van der Waals surface area contributed by atoms with Gasteiger partial charge in [0, 0.05) is 18.3 Å². The minimum Gasteiger partial charge on any atom is -0.472 e. The lowest BCUT2D eigenvalue weighted by Gasteiger charge is -2.41. The number of likely N-dealkylation sites (tertiary alicyclic amines) is 1. The van der Waals surface area contributed by atoms with Gasteiger partial charge in [0.05, 0.1) is 6.04 Å². The molecule has 5 rings (SSSR count). The summed E-state index contributed by atoms with van der Waals surface area (Å²) in [5.41, 5.74) is 1.98. The fraction of sp³-hybridized carbons (Fsp3) is 0.308. The highest BCUT2D eigenvalue weighted by molar-refractivity contribution is 6.00. The number of hydrogen-bond donors (Lipinski definition) is 0. The number of ether oxygens (including phenoxy) is 1. The third kappa shape index (κ3) is 4.06. The molecule has 0 spiro atoms. The maximum Gasteiger partial charge on any atom is 0.274 e. The van der Waals surface area contributed by atoms with E-state index in [1.165, 1.54) is 19.3 Å². The smallest absolute Gasteiger partial charge is 0.274 e. The van der Waals surface area contributed by atoms with E-state index in [4.69, 9.17) is 4.74 Å². The van der Waals surface area contributed by atoms with Gasteiger partial charge in [-0.1, -0.05) is 67.1 Å². The van der Waals surface area contributed by atoms with Crippen molar-refractivity contribution in [1.29, 1.82) is 0 Å². The first-order chi connectivity index (χ1) is 15.3. The van der Waals surface area contributed by atoms with Gasteiger partial charge in [0.2, 0.25) is 6.10 Å². The van der Waals surface area contributed by atoms with Gasteiger partial charge in [-0.25, -0.2) is 4.98 Å². The molecule has 5 heteroatoms. The number of anilines is 1. The highest BCUT2D eigenvalue weighted by Crippen LogP contribution is 2.41. The van der Waals surface area contributed by atoms with Crippen LogP contribution in [0, 0.1) is 0 Å². The van der Waals surface area contributed by atoms with Crippen LogP contribution in [0.4, 0.5) is 5.82 Å². The molecule has 1 saturated heterocycles. The molecule has 1 amide bonds. The van der Waals surface area contributed by atoms with E-state index in [0.29, 0.717) is 11.6 Å². The van der Waals surface area contributed by atoms with E-state index in [9.17, 15) is 4.79 Å². The number of pyridine rings is 1. The van der Waals surface area contributed by atoms with Crippen molar-refractivity contribution in [1.82, 2.24) is 9.88 Å². The summed E-state index contributed by atoms with van der Waals surface area (Å²) in [5.74, 6) is 1.18. The van der Waals surface area contributed by atoms with E-state index in [1.54, 1.807) is 6.20 Å². The summed E-state index contributed by atoms with van der Waals surface area (Å²) in [6, 6.07) is 23.7. The first-order valence-electron chi connectivity index (χ1n) is 11.1. The topological polar surface area (TPSA) is 45.7 Å². The number of carbonyl (C=O) groups is 1. The van der Waals surface area contributed by atoms with Crippen molar-refractivity contribution < 1.29 is 9.53 Å². The second kappa shape index (κ2) is 8.90. The first-order valence-corrected chi connectivity index (χ1v) is 11.1. The van der Waals surface area contributed by atoms with Crippen LogP contribution in [0.3, 0.4) is 0 Å². The first kappa shape index (κ1) is 19.8. The Bertz CT molecular complexity index is 1020. The molecule has 2 aromatic carbocycles. The Kier molecular flexibility index (Phi) is 5.67. The van der Waals surface area contributed by atoms with Gasteiger partial charge in [-0.3, -0.25) is 9.69 Å². The largest absolute Gasteiger partial charge is 0.472 e. The number of fused-ring (bicyclic) bond motifs is 1. The van der Waals surface area contributed by atoms with Crippen molar-refractivity contribution in [3.05, 3.63) is 90.1 Å². The molecule has 1 aromatic heterocycles. The predicted octanol–water partition coefficient (Wildman–Crippen LogP) is 4.78. The van der Waals surface area contributed by atoms with Gasteiger partial charge in [-0.05, 0) is 43.6 Å². The summed E-state index contributed by atoms with van der Waals surface area (Å²) < 4.78 is 6.17. The Morgan fingerprint density at radius 3 is 2.35 bits per heavy atom. The Labute approximate surface area is 183 Å². The van der Waals surface area contributed by atoms with Gasteiger partial charge in [-0.15, -0.1) is 0 Å². The Morgan fingerprint density at radius 1 is 0.903 bits per heavy atom. The Morgan fingerprint density at radius 2 is 1.61 bits per heavy atom. The van der Waals surface area contributed by atoms with E-state index in [0.717, 1.165) is 30.8 Å². The minimum absolute atomic E-state index is 0.0664. The quantitative estimate of drug-likeness (QED) is 0.604. The van der Waals surface area contributed by atoms with Gasteiger partial charge in [0.15, 0.2) is 11.6 Å². The van der Waals surface area contributed by atoms with E-state index in [2.05, 4.69) is 22.0 Å². The molecule has 1 fully saturated rings. The number of nitrogens with zero attached hydrogens (tertiary/aromatic N) is 3. The van der Waals surface area contributed by atoms with Crippen LogP contribution in [0.5, 0.6) is 5.75 Å². The van der Waals surface area contributed by atoms with Gasteiger partial charge in [-0.2, -0.15) is 0 Å². The average Bonchev–Trinajstić information content (AvgIpc) is 2.84. The summed E-state index contributed by atoms with van der Waals surface area (Å²) in [7, 11) is 0. The molecule has 3 aromatic rings. The normalized spacial score (nSPS) is 20.1. The van der Waals surface area contributed by atoms with Crippen molar-refractivity contribution in [2.24, 2.45) is 0 Å². The standard InChI is InChI=1S/C26H27N3O2/c30-26-24(21-13-6-2-7-14-21)31-23-15-10-16-27-25(23)29(26)22(20-11-4-1-5-12-20)19-28-17-8-3-9-18-28/h1-2,4-7,10-16,22,24H,3,8-9,17-19H2. The SMILES string of the molecule is O=C1C(c2ccccc2)Oc2cccnc2N1C(CN1CCCCC1)c1ccccc1. The minimum atomic E-state index is -0.675. The molecule has 5 nitrogen and oxygen atoms in total. The molecule has 31 heavy (non-hydrogen) atoms. The molecule has 3 heterocycles. The number of piperidine rings is 1. The Balaban J connectivity index is 1.58. The lowest BCUT2D eigenvalue weighted by Crippen LogP contribution is -2.48. The lowest BCUT2D eigenvalue weighted by molar-refractivity contribution is -0.127. The summed E-state index contributed by atoms with van der Waals surface area (Å²) >= 11 is 0. The summed E-state index contributed by atoms with van der Waals surface area (Å²) in [5, 5.41) is 0. The summed E-state index contributed by atoms with van der Waals surface area (Å²) in [6.07, 6.45) is 4.75. The molecule has 2 atom stereocenters. The van der Waals surface area contributed by atoms with Crippen LogP contribution in [-0.2, 0) is 4.79 Å². The molecule has 2 aliphatic rings. The zero-order valence-electron chi connectivity index (χ0n) is 17.6. The van der Waals surface area contributed by atoms with E-state index >= 15 is 0 Å². The number of aromatic nitrogens is 1. The third-order valence-electron chi connectivity index (χ3n) is 6.16. The van der Waals surface area contributed by atoms with Crippen molar-refractivity contribution in [2.75, 3.05) is 24.5 Å². The monoisotopic (exact) mass is 413 g/mol. The number of amides is 1. The molecule has 0 radical (unpaired) electrons. The number of benzene rings is 2. The highest BCUT2D eigenvalue weighted by atomic mass is 16.5. The maximum atomic E-state index is 13.9. The predicted molar refractivity (Wildman–Crippen MR) is 121 cm³/mol. The highest BCUT2D eigenvalue weighted by Gasteiger charge is 2.41. The van der Waals surface area contributed by atoms with E-state index < -0.39 is 6.10 Å². The molecule has 0 aliphatic carbocycles. The van der Waals surface area contributed by atoms with Crippen LogP contribution in [0.15, 0.2) is 79.0 Å². The maximum absolute atomic E-state index is 13.9. The van der Waals surface area contributed by atoms with Crippen LogP contribution >= 0.6 is 0 Å². The zero-order valence-corrected chi connectivity index (χ0v) is 17.6. The zero-order chi connectivity index (χ0) is 21.0. The summed E-state index contributed by atoms with van der Waals surface area (Å²) in [6.45, 7) is 2.92. The van der Waals surface area contributed by atoms with Crippen molar-refractivity contribution in [3.63, 3.8) is 0 Å². The van der Waals surface area contributed by atoms with Gasteiger partial charge < -0.3 is 9.64 Å². The number of carbonyl (C=O) groups excluding carboxylic acids is 1. The van der Waals surface area contributed by atoms with Crippen LogP contribution in [-0.4, -0.2) is 35.4 Å². The van der Waals surface area contributed by atoms with E-state index in [1.807, 2.05) is 65.6 Å². The summed E-state index contributed by atoms with van der Waals surface area (Å²) in [4.78, 5) is 22.8. The Hall–Kier alpha value is -3.18. The van der Waals surface area contributed by atoms with Crippen molar-refractivity contribution in [2.45, 2.75) is 31.4 Å². The second-order valence-electron chi connectivity index (χ2n) is 8.23. The van der Waals surface area contributed by atoms with Crippen molar-refractivity contribution >= 4 is 11.7 Å². The van der Waals surface area contributed by atoms with Crippen LogP contribution in [0.2, 0.25) is 0 Å². The average molecular weight is 414 g/mol.